The second-order valence-electron chi connectivity index (χ2n) is 6.16. The van der Waals surface area contributed by atoms with E-state index in [1.165, 1.54) is 0 Å². The van der Waals surface area contributed by atoms with E-state index < -0.39 is 0 Å². The number of aliphatic hydroxyl groups excluding tert-OH is 1. The molecular weight excluding hydrogens is 328 g/mol. The van der Waals surface area contributed by atoms with Gasteiger partial charge in [0.05, 0.1) is 14.2 Å². The van der Waals surface area contributed by atoms with Gasteiger partial charge >= 0.3 is 0 Å². The fraction of sp³-hybridized carbons (Fsp3) is 0.227. The second kappa shape index (κ2) is 7.91. The lowest BCUT2D eigenvalue weighted by Crippen LogP contribution is -2.12. The highest BCUT2D eigenvalue weighted by Gasteiger charge is 2.23. The summed E-state index contributed by atoms with van der Waals surface area (Å²) in [6.07, 6.45) is 4.04. The number of carbonyl (C=O) groups excluding carboxylic acids is 1. The number of hydrogen-bond donors (Lipinski definition) is 1. The van der Waals surface area contributed by atoms with Gasteiger partial charge in [0.2, 0.25) is 0 Å². The van der Waals surface area contributed by atoms with Crippen molar-refractivity contribution < 1.29 is 19.4 Å². The second-order valence-corrected chi connectivity index (χ2v) is 6.16. The van der Waals surface area contributed by atoms with E-state index in [0.29, 0.717) is 29.1 Å². The standard InChI is InChI=1S/C22H22O4/c1-25-19-12-11-15(14-20(19)26-2)13-17-9-6-10-18(22(17)24)21(23)16-7-4-3-5-8-16/h3-5,7-8,11-14,24H,6,9-10H2,1-2H3/b17-13+. The Morgan fingerprint density at radius 3 is 2.42 bits per heavy atom. The third-order valence-corrected chi connectivity index (χ3v) is 4.52. The SMILES string of the molecule is COc1ccc(/C=C2\CCCC(C(=O)c3ccccc3)=C2O)cc1OC. The summed E-state index contributed by atoms with van der Waals surface area (Å²) in [5.74, 6) is 1.26. The van der Waals surface area contributed by atoms with Crippen LogP contribution in [0.4, 0.5) is 0 Å². The van der Waals surface area contributed by atoms with Crippen LogP contribution >= 0.6 is 0 Å². The maximum atomic E-state index is 12.7. The van der Waals surface area contributed by atoms with E-state index in [4.69, 9.17) is 9.47 Å². The summed E-state index contributed by atoms with van der Waals surface area (Å²) in [6.45, 7) is 0. The third-order valence-electron chi connectivity index (χ3n) is 4.52. The minimum atomic E-state index is -0.110. The molecule has 0 fully saturated rings. The molecule has 2 aromatic rings. The summed E-state index contributed by atoms with van der Waals surface area (Å²) >= 11 is 0. The van der Waals surface area contributed by atoms with Crippen molar-refractivity contribution in [3.8, 4) is 11.5 Å². The van der Waals surface area contributed by atoms with Crippen LogP contribution in [0.5, 0.6) is 11.5 Å². The van der Waals surface area contributed by atoms with Crippen molar-refractivity contribution in [3.63, 3.8) is 0 Å². The van der Waals surface area contributed by atoms with E-state index in [2.05, 4.69) is 0 Å². The number of hydrogen-bond acceptors (Lipinski definition) is 4. The van der Waals surface area contributed by atoms with Crippen molar-refractivity contribution in [3.05, 3.63) is 76.6 Å². The number of carbonyl (C=O) groups is 1. The van der Waals surface area contributed by atoms with Gasteiger partial charge in [0, 0.05) is 11.1 Å². The largest absolute Gasteiger partial charge is 0.507 e. The summed E-state index contributed by atoms with van der Waals surface area (Å²) in [4.78, 5) is 12.7. The van der Waals surface area contributed by atoms with Crippen molar-refractivity contribution in [2.45, 2.75) is 19.3 Å². The van der Waals surface area contributed by atoms with Gasteiger partial charge in [-0.05, 0) is 48.6 Å². The molecule has 0 unspecified atom stereocenters. The fourth-order valence-corrected chi connectivity index (χ4v) is 3.16. The molecule has 0 saturated carbocycles. The molecule has 1 aliphatic carbocycles. The normalized spacial score (nSPS) is 15.8. The van der Waals surface area contributed by atoms with E-state index in [-0.39, 0.29) is 11.5 Å². The highest BCUT2D eigenvalue weighted by molar-refractivity contribution is 6.09. The summed E-state index contributed by atoms with van der Waals surface area (Å²) in [7, 11) is 3.18. The molecule has 3 rings (SSSR count). The number of ether oxygens (including phenoxy) is 2. The molecule has 4 nitrogen and oxygen atoms in total. The zero-order valence-corrected chi connectivity index (χ0v) is 15.0. The van der Waals surface area contributed by atoms with Gasteiger partial charge in [-0.3, -0.25) is 4.79 Å². The Kier molecular flexibility index (Phi) is 5.42. The van der Waals surface area contributed by atoms with Gasteiger partial charge in [0.1, 0.15) is 5.76 Å². The van der Waals surface area contributed by atoms with E-state index >= 15 is 0 Å². The summed E-state index contributed by atoms with van der Waals surface area (Å²) < 4.78 is 10.6. The molecule has 0 atom stereocenters. The van der Waals surface area contributed by atoms with Crippen LogP contribution in [0, 0.1) is 0 Å². The van der Waals surface area contributed by atoms with Crippen molar-refractivity contribution in [1.82, 2.24) is 0 Å². The highest BCUT2D eigenvalue weighted by Crippen LogP contribution is 2.33. The third kappa shape index (κ3) is 3.64. The number of rotatable bonds is 5. The maximum Gasteiger partial charge on any atom is 0.192 e. The van der Waals surface area contributed by atoms with Gasteiger partial charge in [0.25, 0.3) is 0 Å². The van der Waals surface area contributed by atoms with Crippen LogP contribution in [0.3, 0.4) is 0 Å². The highest BCUT2D eigenvalue weighted by atomic mass is 16.5. The molecule has 26 heavy (non-hydrogen) atoms. The molecule has 1 aliphatic rings. The first-order chi connectivity index (χ1) is 12.6. The van der Waals surface area contributed by atoms with Crippen LogP contribution in [0.2, 0.25) is 0 Å². The van der Waals surface area contributed by atoms with Crippen LogP contribution < -0.4 is 9.47 Å². The summed E-state index contributed by atoms with van der Waals surface area (Å²) in [5.41, 5.74) is 2.73. The van der Waals surface area contributed by atoms with Gasteiger partial charge < -0.3 is 14.6 Å². The maximum absolute atomic E-state index is 12.7. The molecule has 1 N–H and O–H groups in total. The van der Waals surface area contributed by atoms with Crippen LogP contribution in [-0.4, -0.2) is 25.1 Å². The Labute approximate surface area is 153 Å². The number of aliphatic hydroxyl groups is 1. The van der Waals surface area contributed by atoms with Crippen LogP contribution in [0.1, 0.15) is 35.2 Å². The lowest BCUT2D eigenvalue weighted by Gasteiger charge is -2.18. The molecule has 134 valence electrons. The van der Waals surface area contributed by atoms with E-state index in [0.717, 1.165) is 24.0 Å². The number of allylic oxidation sites excluding steroid dienone is 2. The average Bonchev–Trinajstić information content (AvgIpc) is 2.69. The molecule has 0 aromatic heterocycles. The lowest BCUT2D eigenvalue weighted by atomic mass is 9.88. The minimum absolute atomic E-state index is 0.0971. The van der Waals surface area contributed by atoms with E-state index in [1.807, 2.05) is 42.5 Å². The molecule has 0 radical (unpaired) electrons. The molecule has 0 bridgehead atoms. The van der Waals surface area contributed by atoms with Crippen molar-refractivity contribution >= 4 is 11.9 Å². The first-order valence-electron chi connectivity index (χ1n) is 8.59. The van der Waals surface area contributed by atoms with Crippen molar-refractivity contribution in [2.24, 2.45) is 0 Å². The van der Waals surface area contributed by atoms with Crippen LogP contribution in [0.25, 0.3) is 6.08 Å². The zero-order valence-electron chi connectivity index (χ0n) is 15.0. The minimum Gasteiger partial charge on any atom is -0.507 e. The van der Waals surface area contributed by atoms with Gasteiger partial charge in [-0.15, -0.1) is 0 Å². The topological polar surface area (TPSA) is 55.8 Å². The molecule has 4 heteroatoms. The van der Waals surface area contributed by atoms with Crippen LogP contribution in [-0.2, 0) is 0 Å². The lowest BCUT2D eigenvalue weighted by molar-refractivity contribution is 0.102. The van der Waals surface area contributed by atoms with Gasteiger partial charge in [0.15, 0.2) is 17.3 Å². The predicted octanol–water partition coefficient (Wildman–Crippen LogP) is 4.97. The van der Waals surface area contributed by atoms with Crippen molar-refractivity contribution in [2.75, 3.05) is 14.2 Å². The smallest absolute Gasteiger partial charge is 0.192 e. The number of methoxy groups -OCH3 is 2. The molecule has 2 aromatic carbocycles. The van der Waals surface area contributed by atoms with Gasteiger partial charge in [-0.1, -0.05) is 36.4 Å². The Morgan fingerprint density at radius 2 is 1.73 bits per heavy atom. The Hall–Kier alpha value is -3.01. The number of Topliss-reactive ketones (excluding diaryl/α,β-unsaturated/α-hetero) is 1. The van der Waals surface area contributed by atoms with Crippen molar-refractivity contribution in [1.29, 1.82) is 0 Å². The Balaban J connectivity index is 1.95. The first kappa shape index (κ1) is 17.8. The molecular formula is C22H22O4. The molecule has 0 amide bonds. The summed E-state index contributed by atoms with van der Waals surface area (Å²) in [5, 5.41) is 10.7. The van der Waals surface area contributed by atoms with Crippen LogP contribution in [0.15, 0.2) is 65.4 Å². The summed E-state index contributed by atoms with van der Waals surface area (Å²) in [6, 6.07) is 14.6. The number of benzene rings is 2. The Bertz CT molecular complexity index is 863. The quantitative estimate of drug-likeness (QED) is 0.774. The fourth-order valence-electron chi connectivity index (χ4n) is 3.16. The first-order valence-corrected chi connectivity index (χ1v) is 8.59. The van der Waals surface area contributed by atoms with Gasteiger partial charge in [-0.25, -0.2) is 0 Å². The molecule has 0 saturated heterocycles. The number of ketones is 1. The predicted molar refractivity (Wildman–Crippen MR) is 102 cm³/mol. The molecule has 0 spiro atoms. The monoisotopic (exact) mass is 350 g/mol. The van der Waals surface area contributed by atoms with E-state index in [1.54, 1.807) is 26.4 Å². The Morgan fingerprint density at radius 1 is 1.00 bits per heavy atom. The average molecular weight is 350 g/mol. The molecule has 0 heterocycles. The zero-order chi connectivity index (χ0) is 18.5. The van der Waals surface area contributed by atoms with E-state index in [9.17, 15) is 9.90 Å². The molecule has 0 aliphatic heterocycles. The van der Waals surface area contributed by atoms with Gasteiger partial charge in [-0.2, -0.15) is 0 Å².